The Morgan fingerprint density at radius 2 is 2.27 bits per heavy atom. The molecule has 1 aromatic heterocycles. The topological polar surface area (TPSA) is 28.7 Å². The second-order valence-electron chi connectivity index (χ2n) is 1.95. The fourth-order valence-electron chi connectivity index (χ4n) is 0.658. The van der Waals surface area contributed by atoms with Gasteiger partial charge in [-0.2, -0.15) is 0 Å². The van der Waals surface area contributed by atoms with Gasteiger partial charge in [-0.25, -0.2) is 4.98 Å². The van der Waals surface area contributed by atoms with Crippen LogP contribution in [0.1, 0.15) is 5.82 Å². The lowest BCUT2D eigenvalue weighted by Gasteiger charge is -1.78. The minimum absolute atomic E-state index is 0.860. The van der Waals surface area contributed by atoms with E-state index in [2.05, 4.69) is 16.5 Å². The molecule has 0 fully saturated rings. The maximum absolute atomic E-state index is 4.01. The zero-order chi connectivity index (χ0) is 7.94. The third-order valence-electron chi connectivity index (χ3n) is 1.13. The maximum atomic E-state index is 4.01. The van der Waals surface area contributed by atoms with Gasteiger partial charge in [-0.15, -0.1) is 0 Å². The molecule has 0 radical (unpaired) electrons. The first-order chi connectivity index (χ1) is 5.43. The average Bonchev–Trinajstić information content (AvgIpc) is 2.50. The third kappa shape index (κ3) is 2.67. The number of nitrogens with one attached hydrogen (secondary N) is 1. The lowest BCUT2D eigenvalue weighted by atomic mass is 10.4. The minimum Gasteiger partial charge on any atom is -0.345 e. The second-order valence-corrected chi connectivity index (χ2v) is 1.95. The summed E-state index contributed by atoms with van der Waals surface area (Å²) in [4.78, 5) is 6.97. The predicted molar refractivity (Wildman–Crippen MR) is 47.0 cm³/mol. The molecule has 0 aliphatic rings. The molecule has 1 N–H and O–H groups in total. The van der Waals surface area contributed by atoms with Gasteiger partial charge in [-0.05, 0) is 6.08 Å². The van der Waals surface area contributed by atoms with Gasteiger partial charge in [-0.1, -0.05) is 30.9 Å². The maximum Gasteiger partial charge on any atom is 0.129 e. The van der Waals surface area contributed by atoms with E-state index < -0.39 is 0 Å². The van der Waals surface area contributed by atoms with Gasteiger partial charge in [0, 0.05) is 12.4 Å². The molecule has 0 unspecified atom stereocenters. The van der Waals surface area contributed by atoms with Crippen LogP contribution in [0.25, 0.3) is 6.08 Å². The molecular weight excluding hydrogens is 136 g/mol. The van der Waals surface area contributed by atoms with Gasteiger partial charge in [-0.3, -0.25) is 0 Å². The Labute approximate surface area is 66.0 Å². The van der Waals surface area contributed by atoms with Crippen molar-refractivity contribution in [1.29, 1.82) is 0 Å². The van der Waals surface area contributed by atoms with Gasteiger partial charge in [0.25, 0.3) is 0 Å². The third-order valence-corrected chi connectivity index (χ3v) is 1.13. The van der Waals surface area contributed by atoms with Crippen molar-refractivity contribution >= 4 is 6.08 Å². The van der Waals surface area contributed by atoms with Crippen LogP contribution in [0.15, 0.2) is 43.3 Å². The summed E-state index contributed by atoms with van der Waals surface area (Å²) in [5, 5.41) is 0. The molecule has 0 aromatic carbocycles. The van der Waals surface area contributed by atoms with Crippen molar-refractivity contribution < 1.29 is 0 Å². The van der Waals surface area contributed by atoms with Gasteiger partial charge in [0.05, 0.1) is 0 Å². The molecule has 56 valence electrons. The number of nitrogens with zero attached hydrogens (tertiary/aromatic N) is 1. The molecular formula is C9H10N2. The molecule has 0 saturated carbocycles. The number of hydrogen-bond donors (Lipinski definition) is 1. The number of aromatic amines is 1. The molecule has 11 heavy (non-hydrogen) atoms. The summed E-state index contributed by atoms with van der Waals surface area (Å²) in [6.45, 7) is 3.55. The lowest BCUT2D eigenvalue weighted by Crippen LogP contribution is -1.70. The van der Waals surface area contributed by atoms with Gasteiger partial charge >= 0.3 is 0 Å². The van der Waals surface area contributed by atoms with Crippen molar-refractivity contribution in [3.05, 3.63) is 49.1 Å². The van der Waals surface area contributed by atoms with Gasteiger partial charge in [0.2, 0.25) is 0 Å². The summed E-state index contributed by atoms with van der Waals surface area (Å²) in [6.07, 6.45) is 12.8. The number of allylic oxidation sites excluding steroid dienone is 4. The van der Waals surface area contributed by atoms with Gasteiger partial charge in [0.1, 0.15) is 5.82 Å². The standard InChI is InChI=1S/C9H10N2/c1-2-3-4-5-6-9-10-7-8-11-9/h2-8H,1H2,(H,10,11)/b4-3-,6-5+. The van der Waals surface area contributed by atoms with Crippen LogP contribution in [0, 0.1) is 0 Å². The number of H-pyrrole nitrogens is 1. The number of imidazole rings is 1. The Kier molecular flexibility index (Phi) is 2.93. The van der Waals surface area contributed by atoms with Crippen LogP contribution in [0.3, 0.4) is 0 Å². The summed E-state index contributed by atoms with van der Waals surface area (Å²) in [5.74, 6) is 0.860. The fourth-order valence-corrected chi connectivity index (χ4v) is 0.658. The summed E-state index contributed by atoms with van der Waals surface area (Å²) in [6, 6.07) is 0. The highest BCUT2D eigenvalue weighted by molar-refractivity contribution is 5.42. The summed E-state index contributed by atoms with van der Waals surface area (Å²) >= 11 is 0. The molecule has 0 aliphatic carbocycles. The molecule has 0 aliphatic heterocycles. The summed E-state index contributed by atoms with van der Waals surface area (Å²) in [5.41, 5.74) is 0. The molecule has 2 heteroatoms. The Balaban J connectivity index is 2.49. The van der Waals surface area contributed by atoms with Crippen LogP contribution < -0.4 is 0 Å². The highest BCUT2D eigenvalue weighted by Crippen LogP contribution is 1.91. The van der Waals surface area contributed by atoms with Crippen molar-refractivity contribution in [2.45, 2.75) is 0 Å². The normalized spacial score (nSPS) is 11.3. The monoisotopic (exact) mass is 146 g/mol. The largest absolute Gasteiger partial charge is 0.345 e. The quantitative estimate of drug-likeness (QED) is 0.650. The average molecular weight is 146 g/mol. The van der Waals surface area contributed by atoms with Crippen LogP contribution >= 0.6 is 0 Å². The first-order valence-corrected chi connectivity index (χ1v) is 3.38. The molecule has 0 spiro atoms. The van der Waals surface area contributed by atoms with E-state index in [1.807, 2.05) is 24.3 Å². The number of hydrogen-bond acceptors (Lipinski definition) is 1. The van der Waals surface area contributed by atoms with Crippen LogP contribution in [0.5, 0.6) is 0 Å². The first-order valence-electron chi connectivity index (χ1n) is 3.38. The van der Waals surface area contributed by atoms with Gasteiger partial charge < -0.3 is 4.98 Å². The molecule has 0 atom stereocenters. The zero-order valence-corrected chi connectivity index (χ0v) is 6.20. The fraction of sp³-hybridized carbons (Fsp3) is 0. The Morgan fingerprint density at radius 3 is 2.91 bits per heavy atom. The van der Waals surface area contributed by atoms with Crippen molar-refractivity contribution in [2.24, 2.45) is 0 Å². The SMILES string of the molecule is C=C/C=C\C=C\c1ncc[nH]1. The van der Waals surface area contributed by atoms with Crippen LogP contribution in [-0.4, -0.2) is 9.97 Å². The van der Waals surface area contributed by atoms with E-state index in [4.69, 9.17) is 0 Å². The van der Waals surface area contributed by atoms with E-state index in [9.17, 15) is 0 Å². The van der Waals surface area contributed by atoms with E-state index in [0.29, 0.717) is 0 Å². The van der Waals surface area contributed by atoms with Crippen molar-refractivity contribution in [3.8, 4) is 0 Å². The van der Waals surface area contributed by atoms with Crippen molar-refractivity contribution in [2.75, 3.05) is 0 Å². The van der Waals surface area contributed by atoms with Crippen LogP contribution in [0.2, 0.25) is 0 Å². The van der Waals surface area contributed by atoms with Gasteiger partial charge in [0.15, 0.2) is 0 Å². The van der Waals surface area contributed by atoms with E-state index in [1.165, 1.54) is 0 Å². The highest BCUT2D eigenvalue weighted by Gasteiger charge is 1.81. The zero-order valence-electron chi connectivity index (χ0n) is 6.20. The van der Waals surface area contributed by atoms with E-state index in [0.717, 1.165) is 5.82 Å². The first kappa shape index (κ1) is 7.54. The van der Waals surface area contributed by atoms with Crippen molar-refractivity contribution in [1.82, 2.24) is 9.97 Å². The minimum atomic E-state index is 0.860. The van der Waals surface area contributed by atoms with Crippen LogP contribution in [-0.2, 0) is 0 Å². The smallest absolute Gasteiger partial charge is 0.129 e. The van der Waals surface area contributed by atoms with E-state index >= 15 is 0 Å². The summed E-state index contributed by atoms with van der Waals surface area (Å²) < 4.78 is 0. The van der Waals surface area contributed by atoms with E-state index in [-0.39, 0.29) is 0 Å². The number of rotatable bonds is 3. The second kappa shape index (κ2) is 4.28. The summed E-state index contributed by atoms with van der Waals surface area (Å²) in [7, 11) is 0. The Hall–Kier alpha value is -1.57. The van der Waals surface area contributed by atoms with Crippen LogP contribution in [0.4, 0.5) is 0 Å². The lowest BCUT2D eigenvalue weighted by molar-refractivity contribution is 1.26. The highest BCUT2D eigenvalue weighted by atomic mass is 14.9. The molecule has 0 bridgehead atoms. The molecule has 1 aromatic rings. The Bertz CT molecular complexity index is 255. The molecule has 2 nitrogen and oxygen atoms in total. The van der Waals surface area contributed by atoms with E-state index in [1.54, 1.807) is 18.5 Å². The molecule has 0 saturated heterocycles. The Morgan fingerprint density at radius 1 is 1.36 bits per heavy atom. The predicted octanol–water partition coefficient (Wildman–Crippen LogP) is 2.17. The molecule has 1 heterocycles. The number of aromatic nitrogens is 2. The molecule has 0 amide bonds. The molecule has 1 rings (SSSR count). The van der Waals surface area contributed by atoms with Crippen molar-refractivity contribution in [3.63, 3.8) is 0 Å².